The summed E-state index contributed by atoms with van der Waals surface area (Å²) in [5, 5.41) is 7.15. The summed E-state index contributed by atoms with van der Waals surface area (Å²) in [5.74, 6) is 0.0531. The van der Waals surface area contributed by atoms with Crippen molar-refractivity contribution < 1.29 is 4.39 Å². The van der Waals surface area contributed by atoms with Crippen LogP contribution in [0.3, 0.4) is 0 Å². The Morgan fingerprint density at radius 3 is 2.57 bits per heavy atom. The first-order valence-electron chi connectivity index (χ1n) is 4.75. The van der Waals surface area contributed by atoms with Gasteiger partial charge in [-0.25, -0.2) is 4.39 Å². The Morgan fingerprint density at radius 2 is 2.07 bits per heavy atom. The monoisotopic (exact) mass is 193 g/mol. The SMILES string of the molecule is CC(C=N)c1cccc(C(C)(C)F)c1. The molecule has 0 fully saturated rings. The van der Waals surface area contributed by atoms with E-state index >= 15 is 0 Å². The standard InChI is InChI=1S/C12H16FN/c1-9(8-14)10-5-4-6-11(7-10)12(2,3)13/h4-9,14H,1-3H3. The molecule has 76 valence electrons. The van der Waals surface area contributed by atoms with Gasteiger partial charge in [0.05, 0.1) is 0 Å². The molecule has 0 aliphatic rings. The lowest BCUT2D eigenvalue weighted by Gasteiger charge is -2.16. The van der Waals surface area contributed by atoms with Crippen molar-refractivity contribution in [2.75, 3.05) is 0 Å². The van der Waals surface area contributed by atoms with E-state index in [1.807, 2.05) is 25.1 Å². The van der Waals surface area contributed by atoms with E-state index in [4.69, 9.17) is 5.41 Å². The number of halogens is 1. The van der Waals surface area contributed by atoms with Gasteiger partial charge in [0.1, 0.15) is 5.67 Å². The molecule has 0 aromatic heterocycles. The molecule has 0 saturated heterocycles. The van der Waals surface area contributed by atoms with Crippen LogP contribution in [0.2, 0.25) is 0 Å². The third-order valence-electron chi connectivity index (χ3n) is 2.35. The number of benzene rings is 1. The van der Waals surface area contributed by atoms with E-state index in [9.17, 15) is 4.39 Å². The maximum absolute atomic E-state index is 13.6. The number of nitrogens with one attached hydrogen (secondary N) is 1. The van der Waals surface area contributed by atoms with E-state index in [1.165, 1.54) is 6.21 Å². The number of alkyl halides is 1. The molecule has 1 N–H and O–H groups in total. The van der Waals surface area contributed by atoms with Crippen molar-refractivity contribution in [3.63, 3.8) is 0 Å². The minimum Gasteiger partial charge on any atom is -0.312 e. The average Bonchev–Trinajstić information content (AvgIpc) is 2.15. The predicted octanol–water partition coefficient (Wildman–Crippen LogP) is 3.64. The smallest absolute Gasteiger partial charge is 0.130 e. The number of hydrogen-bond donors (Lipinski definition) is 1. The van der Waals surface area contributed by atoms with Crippen LogP contribution in [0, 0.1) is 5.41 Å². The summed E-state index contributed by atoms with van der Waals surface area (Å²) in [4.78, 5) is 0. The topological polar surface area (TPSA) is 23.9 Å². The fraction of sp³-hybridized carbons (Fsp3) is 0.417. The molecule has 1 rings (SSSR count). The van der Waals surface area contributed by atoms with Crippen molar-refractivity contribution in [1.29, 1.82) is 5.41 Å². The Morgan fingerprint density at radius 1 is 1.43 bits per heavy atom. The molecule has 0 spiro atoms. The molecule has 0 aliphatic heterocycles. The summed E-state index contributed by atoms with van der Waals surface area (Å²) in [6.07, 6.45) is 1.37. The van der Waals surface area contributed by atoms with Gasteiger partial charge in [0, 0.05) is 12.1 Å². The van der Waals surface area contributed by atoms with E-state index in [0.717, 1.165) is 5.56 Å². The van der Waals surface area contributed by atoms with Crippen molar-refractivity contribution in [3.05, 3.63) is 35.4 Å². The average molecular weight is 193 g/mol. The highest BCUT2D eigenvalue weighted by Gasteiger charge is 2.19. The molecule has 0 radical (unpaired) electrons. The van der Waals surface area contributed by atoms with Gasteiger partial charge in [-0.1, -0.05) is 31.2 Å². The summed E-state index contributed by atoms with van der Waals surface area (Å²) < 4.78 is 13.6. The summed E-state index contributed by atoms with van der Waals surface area (Å²) in [6, 6.07) is 7.37. The van der Waals surface area contributed by atoms with E-state index in [-0.39, 0.29) is 5.92 Å². The Kier molecular flexibility index (Phi) is 3.04. The van der Waals surface area contributed by atoms with Crippen molar-refractivity contribution in [1.82, 2.24) is 0 Å². The van der Waals surface area contributed by atoms with Crippen LogP contribution >= 0.6 is 0 Å². The summed E-state index contributed by atoms with van der Waals surface area (Å²) in [6.45, 7) is 5.01. The lowest BCUT2D eigenvalue weighted by Crippen LogP contribution is -2.09. The van der Waals surface area contributed by atoms with Crippen LogP contribution in [0.5, 0.6) is 0 Å². The van der Waals surface area contributed by atoms with Gasteiger partial charge in [-0.15, -0.1) is 0 Å². The quantitative estimate of drug-likeness (QED) is 0.708. The third-order valence-corrected chi connectivity index (χ3v) is 2.35. The minimum atomic E-state index is -1.31. The van der Waals surface area contributed by atoms with Gasteiger partial charge < -0.3 is 5.41 Å². The first-order valence-corrected chi connectivity index (χ1v) is 4.75. The zero-order chi connectivity index (χ0) is 10.8. The fourth-order valence-electron chi connectivity index (χ4n) is 1.29. The van der Waals surface area contributed by atoms with Crippen molar-refractivity contribution in [3.8, 4) is 0 Å². The third kappa shape index (κ3) is 2.41. The predicted molar refractivity (Wildman–Crippen MR) is 57.8 cm³/mol. The van der Waals surface area contributed by atoms with Crippen LogP contribution in [0.4, 0.5) is 4.39 Å². The maximum Gasteiger partial charge on any atom is 0.130 e. The summed E-state index contributed by atoms with van der Waals surface area (Å²) >= 11 is 0. The lowest BCUT2D eigenvalue weighted by molar-refractivity contribution is 0.221. The van der Waals surface area contributed by atoms with Crippen molar-refractivity contribution in [2.45, 2.75) is 32.4 Å². The molecule has 14 heavy (non-hydrogen) atoms. The Balaban J connectivity index is 3.07. The van der Waals surface area contributed by atoms with Crippen molar-refractivity contribution in [2.24, 2.45) is 0 Å². The molecule has 0 aliphatic carbocycles. The highest BCUT2D eigenvalue weighted by Crippen LogP contribution is 2.26. The Hall–Kier alpha value is -1.18. The molecule has 1 aromatic carbocycles. The van der Waals surface area contributed by atoms with Crippen LogP contribution < -0.4 is 0 Å². The zero-order valence-corrected chi connectivity index (χ0v) is 8.84. The molecule has 1 atom stereocenters. The van der Waals surface area contributed by atoms with Crippen LogP contribution in [-0.2, 0) is 5.67 Å². The van der Waals surface area contributed by atoms with Crippen LogP contribution in [-0.4, -0.2) is 6.21 Å². The molecular weight excluding hydrogens is 177 g/mol. The molecular formula is C12H16FN. The molecule has 1 aromatic rings. The lowest BCUT2D eigenvalue weighted by atomic mass is 9.94. The van der Waals surface area contributed by atoms with Gasteiger partial charge >= 0.3 is 0 Å². The first kappa shape index (κ1) is 10.9. The molecule has 0 saturated carbocycles. The number of hydrogen-bond acceptors (Lipinski definition) is 1. The van der Waals surface area contributed by atoms with Gasteiger partial charge in [-0.3, -0.25) is 0 Å². The molecule has 2 heteroatoms. The molecule has 1 unspecified atom stereocenters. The van der Waals surface area contributed by atoms with E-state index < -0.39 is 5.67 Å². The van der Waals surface area contributed by atoms with Gasteiger partial charge in [0.15, 0.2) is 0 Å². The van der Waals surface area contributed by atoms with Crippen LogP contribution in [0.1, 0.15) is 37.8 Å². The van der Waals surface area contributed by atoms with Gasteiger partial charge in [0.25, 0.3) is 0 Å². The normalized spacial score (nSPS) is 13.7. The second-order valence-corrected chi connectivity index (χ2v) is 4.05. The highest BCUT2D eigenvalue weighted by molar-refractivity contribution is 5.64. The fourth-order valence-corrected chi connectivity index (χ4v) is 1.29. The van der Waals surface area contributed by atoms with Crippen LogP contribution in [0.25, 0.3) is 0 Å². The number of rotatable bonds is 3. The van der Waals surface area contributed by atoms with Crippen LogP contribution in [0.15, 0.2) is 24.3 Å². The molecule has 0 bridgehead atoms. The van der Waals surface area contributed by atoms with E-state index in [2.05, 4.69) is 0 Å². The summed E-state index contributed by atoms with van der Waals surface area (Å²) in [5.41, 5.74) is 0.351. The minimum absolute atomic E-state index is 0.0531. The maximum atomic E-state index is 13.6. The summed E-state index contributed by atoms with van der Waals surface area (Å²) in [7, 11) is 0. The first-order chi connectivity index (χ1) is 6.45. The van der Waals surface area contributed by atoms with Gasteiger partial charge in [0.2, 0.25) is 0 Å². The van der Waals surface area contributed by atoms with Crippen molar-refractivity contribution >= 4 is 6.21 Å². The molecule has 1 nitrogen and oxygen atoms in total. The zero-order valence-electron chi connectivity index (χ0n) is 8.84. The van der Waals surface area contributed by atoms with Gasteiger partial charge in [-0.2, -0.15) is 0 Å². The highest BCUT2D eigenvalue weighted by atomic mass is 19.1. The molecule has 0 amide bonds. The second-order valence-electron chi connectivity index (χ2n) is 4.05. The second kappa shape index (κ2) is 3.91. The Labute approximate surface area is 84.5 Å². The van der Waals surface area contributed by atoms with E-state index in [0.29, 0.717) is 5.56 Å². The van der Waals surface area contributed by atoms with E-state index in [1.54, 1.807) is 19.9 Å². The molecule has 0 heterocycles. The van der Waals surface area contributed by atoms with Gasteiger partial charge in [-0.05, 0) is 25.0 Å². The Bertz CT molecular complexity index is 325. The largest absolute Gasteiger partial charge is 0.312 e.